The first kappa shape index (κ1) is 16.5. The number of hydrogen-bond donors (Lipinski definition) is 3. The number of hydrogen-bond acceptors (Lipinski definition) is 4. The lowest BCUT2D eigenvalue weighted by molar-refractivity contribution is -0.113. The monoisotopic (exact) mass is 338 g/mol. The van der Waals surface area contributed by atoms with Gasteiger partial charge in [0.25, 0.3) is 5.91 Å². The number of methoxy groups -OCH3 is 1. The van der Waals surface area contributed by atoms with E-state index in [0.29, 0.717) is 22.7 Å². The van der Waals surface area contributed by atoms with Gasteiger partial charge >= 0.3 is 6.03 Å². The van der Waals surface area contributed by atoms with Crippen LogP contribution in [0.15, 0.2) is 60.1 Å². The molecule has 0 bridgehead atoms. The number of amides is 3. The summed E-state index contributed by atoms with van der Waals surface area (Å²) >= 11 is 0. The van der Waals surface area contributed by atoms with Gasteiger partial charge in [0.2, 0.25) is 0 Å². The fourth-order valence-corrected chi connectivity index (χ4v) is 2.73. The summed E-state index contributed by atoms with van der Waals surface area (Å²) in [7, 11) is 1.54. The lowest BCUT2D eigenvalue weighted by Crippen LogP contribution is -2.46. The zero-order valence-corrected chi connectivity index (χ0v) is 13.9. The normalized spacial score (nSPS) is 16.7. The molecule has 1 atom stereocenters. The minimum atomic E-state index is -0.586. The van der Waals surface area contributed by atoms with Gasteiger partial charge in [-0.3, -0.25) is 9.78 Å². The summed E-state index contributed by atoms with van der Waals surface area (Å²) in [6, 6.07) is 9.76. The summed E-state index contributed by atoms with van der Waals surface area (Å²) in [6.45, 7) is 1.69. The number of nitrogens with zero attached hydrogens (tertiary/aromatic N) is 1. The second kappa shape index (κ2) is 7.04. The molecule has 1 aromatic heterocycles. The maximum atomic E-state index is 12.9. The van der Waals surface area contributed by atoms with E-state index in [9.17, 15) is 9.59 Å². The van der Waals surface area contributed by atoms with Gasteiger partial charge in [-0.05, 0) is 30.7 Å². The standard InChI is InChI=1S/C18H18N4O3/c1-11-15(17(23)21-13-7-3-4-8-14(13)25-2)16(22-18(24)20-11)12-6-5-9-19-10-12/h3-10,16H,1-2H3,(H,21,23)(H2,20,22,24)/t16-/m1/s1. The van der Waals surface area contributed by atoms with Crippen molar-refractivity contribution in [2.75, 3.05) is 12.4 Å². The van der Waals surface area contributed by atoms with E-state index in [1.165, 1.54) is 7.11 Å². The van der Waals surface area contributed by atoms with Crippen LogP contribution in [0.2, 0.25) is 0 Å². The van der Waals surface area contributed by atoms with Crippen molar-refractivity contribution in [2.45, 2.75) is 13.0 Å². The molecule has 0 saturated carbocycles. The fourth-order valence-electron chi connectivity index (χ4n) is 2.73. The molecular formula is C18H18N4O3. The Labute approximate surface area is 145 Å². The number of anilines is 1. The summed E-state index contributed by atoms with van der Waals surface area (Å²) in [6.07, 6.45) is 3.26. The van der Waals surface area contributed by atoms with Crippen molar-refractivity contribution in [3.63, 3.8) is 0 Å². The first-order chi connectivity index (χ1) is 12.1. The molecule has 2 aromatic rings. The Morgan fingerprint density at radius 1 is 1.24 bits per heavy atom. The first-order valence-electron chi connectivity index (χ1n) is 7.72. The van der Waals surface area contributed by atoms with Gasteiger partial charge in [0.1, 0.15) is 5.75 Å². The number of nitrogens with one attached hydrogen (secondary N) is 3. The molecule has 0 spiro atoms. The average molecular weight is 338 g/mol. The number of pyridine rings is 1. The summed E-state index contributed by atoms with van der Waals surface area (Å²) in [5, 5.41) is 8.25. The van der Waals surface area contributed by atoms with Crippen LogP contribution in [0.4, 0.5) is 10.5 Å². The number of carbonyl (C=O) groups excluding carboxylic acids is 2. The highest BCUT2D eigenvalue weighted by molar-refractivity contribution is 6.07. The average Bonchev–Trinajstić information content (AvgIpc) is 2.62. The quantitative estimate of drug-likeness (QED) is 0.798. The van der Waals surface area contributed by atoms with Gasteiger partial charge in [-0.15, -0.1) is 0 Å². The van der Waals surface area contributed by atoms with Crippen LogP contribution in [-0.4, -0.2) is 24.0 Å². The largest absolute Gasteiger partial charge is 0.495 e. The number of ether oxygens (including phenoxy) is 1. The van der Waals surface area contributed by atoms with Gasteiger partial charge in [0, 0.05) is 18.1 Å². The first-order valence-corrected chi connectivity index (χ1v) is 7.72. The molecule has 3 amide bonds. The van der Waals surface area contributed by atoms with Gasteiger partial charge in [-0.25, -0.2) is 4.79 Å². The summed E-state index contributed by atoms with van der Waals surface area (Å²) in [4.78, 5) is 28.8. The molecular weight excluding hydrogens is 320 g/mol. The molecule has 1 aliphatic heterocycles. The van der Waals surface area contributed by atoms with E-state index >= 15 is 0 Å². The maximum absolute atomic E-state index is 12.9. The van der Waals surface area contributed by atoms with Crippen LogP contribution >= 0.6 is 0 Å². The van der Waals surface area contributed by atoms with Gasteiger partial charge in [0.15, 0.2) is 0 Å². The zero-order chi connectivity index (χ0) is 17.8. The van der Waals surface area contributed by atoms with Crippen LogP contribution in [0.1, 0.15) is 18.5 Å². The highest BCUT2D eigenvalue weighted by Gasteiger charge is 2.31. The van der Waals surface area contributed by atoms with E-state index in [-0.39, 0.29) is 11.9 Å². The number of benzene rings is 1. The van der Waals surface area contributed by atoms with E-state index in [1.54, 1.807) is 43.6 Å². The molecule has 0 unspecified atom stereocenters. The lowest BCUT2D eigenvalue weighted by Gasteiger charge is -2.28. The van der Waals surface area contributed by atoms with Crippen LogP contribution < -0.4 is 20.7 Å². The number of para-hydroxylation sites is 2. The molecule has 3 N–H and O–H groups in total. The van der Waals surface area contributed by atoms with Crippen molar-refractivity contribution in [1.82, 2.24) is 15.6 Å². The van der Waals surface area contributed by atoms with E-state index in [4.69, 9.17) is 4.74 Å². The summed E-state index contributed by atoms with van der Waals surface area (Å²) < 4.78 is 5.26. The second-order valence-corrected chi connectivity index (χ2v) is 5.51. The Bertz CT molecular complexity index is 833. The van der Waals surface area contributed by atoms with Crippen molar-refractivity contribution >= 4 is 17.6 Å². The van der Waals surface area contributed by atoms with Crippen LogP contribution in [-0.2, 0) is 4.79 Å². The Hall–Kier alpha value is -3.35. The molecule has 0 radical (unpaired) electrons. The Morgan fingerprint density at radius 2 is 2.04 bits per heavy atom. The molecule has 0 fully saturated rings. The molecule has 0 aliphatic carbocycles. The van der Waals surface area contributed by atoms with Crippen molar-refractivity contribution in [3.05, 3.63) is 65.6 Å². The van der Waals surface area contributed by atoms with Crippen molar-refractivity contribution < 1.29 is 14.3 Å². The predicted octanol–water partition coefficient (Wildman–Crippen LogP) is 2.36. The van der Waals surface area contributed by atoms with Gasteiger partial charge in [0.05, 0.1) is 24.4 Å². The fraction of sp³-hybridized carbons (Fsp3) is 0.167. The third-order valence-corrected chi connectivity index (χ3v) is 3.89. The number of aromatic nitrogens is 1. The smallest absolute Gasteiger partial charge is 0.319 e. The van der Waals surface area contributed by atoms with E-state index < -0.39 is 6.04 Å². The van der Waals surface area contributed by atoms with Gasteiger partial charge in [-0.1, -0.05) is 18.2 Å². The number of carbonyl (C=O) groups is 2. The van der Waals surface area contributed by atoms with Gasteiger partial charge in [-0.2, -0.15) is 0 Å². The zero-order valence-electron chi connectivity index (χ0n) is 13.9. The molecule has 0 saturated heterocycles. The third-order valence-electron chi connectivity index (χ3n) is 3.89. The van der Waals surface area contributed by atoms with Gasteiger partial charge < -0.3 is 20.7 Å². The highest BCUT2D eigenvalue weighted by atomic mass is 16.5. The Balaban J connectivity index is 1.95. The Morgan fingerprint density at radius 3 is 2.76 bits per heavy atom. The molecule has 3 rings (SSSR count). The van der Waals surface area contributed by atoms with Crippen molar-refractivity contribution in [1.29, 1.82) is 0 Å². The summed E-state index contributed by atoms with van der Waals surface area (Å²) in [5.41, 5.74) is 2.18. The molecule has 25 heavy (non-hydrogen) atoms. The molecule has 7 heteroatoms. The van der Waals surface area contributed by atoms with Crippen LogP contribution in [0.5, 0.6) is 5.75 Å². The second-order valence-electron chi connectivity index (χ2n) is 5.51. The van der Waals surface area contributed by atoms with Crippen LogP contribution in [0.3, 0.4) is 0 Å². The number of allylic oxidation sites excluding steroid dienone is 1. The minimum Gasteiger partial charge on any atom is -0.495 e. The molecule has 1 aliphatic rings. The summed E-state index contributed by atoms with van der Waals surface area (Å²) in [5.74, 6) is 0.225. The molecule has 1 aromatic carbocycles. The maximum Gasteiger partial charge on any atom is 0.319 e. The third kappa shape index (κ3) is 3.45. The number of rotatable bonds is 4. The predicted molar refractivity (Wildman–Crippen MR) is 93.0 cm³/mol. The van der Waals surface area contributed by atoms with E-state index in [2.05, 4.69) is 20.9 Å². The van der Waals surface area contributed by atoms with Crippen LogP contribution in [0, 0.1) is 0 Å². The molecule has 128 valence electrons. The minimum absolute atomic E-state index is 0.330. The van der Waals surface area contributed by atoms with E-state index in [0.717, 1.165) is 5.56 Å². The SMILES string of the molecule is COc1ccccc1NC(=O)C1=C(C)NC(=O)N[C@@H]1c1cccnc1. The van der Waals surface area contributed by atoms with Crippen molar-refractivity contribution in [2.24, 2.45) is 0 Å². The Kier molecular flexibility index (Phi) is 4.65. The molecule has 7 nitrogen and oxygen atoms in total. The van der Waals surface area contributed by atoms with Crippen LogP contribution in [0.25, 0.3) is 0 Å². The highest BCUT2D eigenvalue weighted by Crippen LogP contribution is 2.29. The van der Waals surface area contributed by atoms with Crippen molar-refractivity contribution in [3.8, 4) is 5.75 Å². The number of urea groups is 1. The topological polar surface area (TPSA) is 92.4 Å². The lowest BCUT2D eigenvalue weighted by atomic mass is 9.96. The molecule has 2 heterocycles. The van der Waals surface area contributed by atoms with E-state index in [1.807, 2.05) is 12.1 Å².